The maximum absolute atomic E-state index is 10.5. The third kappa shape index (κ3) is 6.56. The summed E-state index contributed by atoms with van der Waals surface area (Å²) in [5.41, 5.74) is -1.11. The van der Waals surface area contributed by atoms with Gasteiger partial charge < -0.3 is 22.4 Å². The van der Waals surface area contributed by atoms with Gasteiger partial charge in [0.2, 0.25) is 5.39 Å². The third-order valence-corrected chi connectivity index (χ3v) is 1.52. The van der Waals surface area contributed by atoms with Crippen LogP contribution in [0.1, 0.15) is 10.4 Å². The zero-order valence-electron chi connectivity index (χ0n) is 8.83. The van der Waals surface area contributed by atoms with E-state index in [0.29, 0.717) is 0 Å². The Labute approximate surface area is 102 Å². The maximum Gasteiger partial charge on any atom is 0.673 e. The second-order valence-corrected chi connectivity index (χ2v) is 2.86. The van der Waals surface area contributed by atoms with E-state index in [1.165, 1.54) is 0 Å². The lowest BCUT2D eigenvalue weighted by Gasteiger charge is -1.94. The fourth-order valence-corrected chi connectivity index (χ4v) is 0.914. The highest BCUT2D eigenvalue weighted by Crippen LogP contribution is 2.24. The van der Waals surface area contributed by atoms with Crippen LogP contribution in [0.3, 0.4) is 0 Å². The van der Waals surface area contributed by atoms with E-state index in [0.717, 1.165) is 18.2 Å². The molecule has 0 fully saturated rings. The van der Waals surface area contributed by atoms with E-state index in [-0.39, 0.29) is 5.69 Å². The fraction of sp³-hybridized carbons (Fsp3) is 0. The Morgan fingerprint density at radius 2 is 1.84 bits per heavy atom. The molecule has 0 aromatic heterocycles. The van der Waals surface area contributed by atoms with Crippen LogP contribution in [0.15, 0.2) is 18.2 Å². The number of nitrogens with zero attached hydrogens (tertiary/aromatic N) is 3. The minimum atomic E-state index is -6.00. The van der Waals surface area contributed by atoms with E-state index in [1.54, 1.807) is 0 Å². The van der Waals surface area contributed by atoms with Gasteiger partial charge in [0.05, 0.1) is 4.92 Å². The normalized spacial score (nSPS) is 9.84. The molecule has 0 amide bonds. The Bertz CT molecular complexity index is 536. The van der Waals surface area contributed by atoms with Crippen LogP contribution in [0.25, 0.3) is 4.98 Å². The predicted octanol–water partition coefficient (Wildman–Crippen LogP) is 3.08. The molecule has 102 valence electrons. The number of halogens is 4. The lowest BCUT2D eigenvalue weighted by atomic mass is 10.1. The molecule has 0 saturated carbocycles. The smallest absolute Gasteiger partial charge is 0.477 e. The van der Waals surface area contributed by atoms with Gasteiger partial charge in [-0.1, -0.05) is 0 Å². The van der Waals surface area contributed by atoms with Crippen molar-refractivity contribution in [1.29, 1.82) is 5.39 Å². The number of diazo groups is 1. The van der Waals surface area contributed by atoms with Crippen molar-refractivity contribution < 1.29 is 32.1 Å². The summed E-state index contributed by atoms with van der Waals surface area (Å²) < 4.78 is 39.0. The summed E-state index contributed by atoms with van der Waals surface area (Å²) in [6.45, 7) is 0. The number of rotatable bonds is 2. The Morgan fingerprint density at radius 3 is 2.16 bits per heavy atom. The van der Waals surface area contributed by atoms with Crippen molar-refractivity contribution >= 4 is 24.6 Å². The molecule has 7 nitrogen and oxygen atoms in total. The van der Waals surface area contributed by atoms with Gasteiger partial charge in [-0.3, -0.25) is 10.1 Å². The summed E-state index contributed by atoms with van der Waals surface area (Å²) in [6, 6.07) is 3.05. The van der Waals surface area contributed by atoms with Crippen LogP contribution in [0.2, 0.25) is 0 Å². The van der Waals surface area contributed by atoms with E-state index in [1.807, 2.05) is 0 Å². The van der Waals surface area contributed by atoms with Gasteiger partial charge in [-0.2, -0.15) is 0 Å². The Balaban J connectivity index is 0.000000555. The first kappa shape index (κ1) is 16.3. The molecule has 1 aromatic carbocycles. The predicted molar refractivity (Wildman–Crippen MR) is 55.0 cm³/mol. The van der Waals surface area contributed by atoms with E-state index in [9.17, 15) is 32.2 Å². The number of carboxylic acid groups (broad SMARTS) is 1. The molecule has 0 aliphatic heterocycles. The molecule has 0 spiro atoms. The molecule has 0 saturated heterocycles. The fourth-order valence-electron chi connectivity index (χ4n) is 0.914. The summed E-state index contributed by atoms with van der Waals surface area (Å²) in [5.74, 6) is -1.40. The van der Waals surface area contributed by atoms with Gasteiger partial charge >= 0.3 is 18.9 Å². The quantitative estimate of drug-likeness (QED) is 0.294. The van der Waals surface area contributed by atoms with Crippen LogP contribution in [0, 0.1) is 15.5 Å². The van der Waals surface area contributed by atoms with Gasteiger partial charge in [0, 0.05) is 6.07 Å². The number of hydrogen-bond acceptors (Lipinski definition) is 4. The molecule has 0 heterocycles. The second kappa shape index (κ2) is 6.29. The Kier molecular flexibility index (Phi) is 5.39. The molecular formula is C7H4BF4N3O4. The summed E-state index contributed by atoms with van der Waals surface area (Å²) in [7, 11) is -6.00. The van der Waals surface area contributed by atoms with Gasteiger partial charge in [-0.05, 0) is 6.07 Å². The average molecular weight is 281 g/mol. The van der Waals surface area contributed by atoms with Gasteiger partial charge in [0.1, 0.15) is 11.6 Å². The zero-order chi connectivity index (χ0) is 15.2. The number of nitro benzene ring substituents is 1. The molecule has 0 aliphatic carbocycles. The molecule has 0 atom stereocenters. The number of nitro groups is 1. The number of hydrogen-bond donors (Lipinski definition) is 1. The lowest BCUT2D eigenvalue weighted by Crippen LogP contribution is -2.02. The first-order valence-corrected chi connectivity index (χ1v) is 4.30. The Hall–Kier alpha value is -2.71. The molecule has 0 bridgehead atoms. The highest BCUT2D eigenvalue weighted by molar-refractivity contribution is 6.50. The van der Waals surface area contributed by atoms with Crippen molar-refractivity contribution in [1.82, 2.24) is 0 Å². The standard InChI is InChI=1S/C7H3N3O4.BF4/c8-9-4-1-2-5(7(11)12)6(3-4)10(13)14;2-1(3,4)5/h1-3H;/q;-1/p+1. The zero-order valence-corrected chi connectivity index (χ0v) is 8.83. The first-order valence-electron chi connectivity index (χ1n) is 4.30. The molecule has 0 unspecified atom stereocenters. The number of carboxylic acids is 1. The molecule has 1 N–H and O–H groups in total. The minimum absolute atomic E-state index is 0.0679. The van der Waals surface area contributed by atoms with Crippen LogP contribution < -0.4 is 0 Å². The van der Waals surface area contributed by atoms with Crippen LogP contribution in [-0.4, -0.2) is 23.3 Å². The van der Waals surface area contributed by atoms with E-state index in [4.69, 9.17) is 10.5 Å². The minimum Gasteiger partial charge on any atom is -0.477 e. The second-order valence-electron chi connectivity index (χ2n) is 2.86. The molecule has 0 radical (unpaired) electrons. The molecule has 1 rings (SSSR count). The molecule has 0 aliphatic rings. The van der Waals surface area contributed by atoms with Gasteiger partial charge in [0.15, 0.2) is 4.98 Å². The summed E-state index contributed by atoms with van der Waals surface area (Å²) in [6.07, 6.45) is 0. The summed E-state index contributed by atoms with van der Waals surface area (Å²) >= 11 is 0. The van der Waals surface area contributed by atoms with Crippen molar-refractivity contribution in [2.75, 3.05) is 0 Å². The highest BCUT2D eigenvalue weighted by Gasteiger charge is 2.23. The molecular weight excluding hydrogens is 277 g/mol. The summed E-state index contributed by atoms with van der Waals surface area (Å²) in [5, 5.41) is 27.3. The monoisotopic (exact) mass is 281 g/mol. The lowest BCUT2D eigenvalue weighted by molar-refractivity contribution is -0.385. The molecule has 1 aromatic rings. The van der Waals surface area contributed by atoms with Gasteiger partial charge in [0.25, 0.3) is 5.69 Å². The summed E-state index contributed by atoms with van der Waals surface area (Å²) in [4.78, 5) is 22.8. The third-order valence-electron chi connectivity index (χ3n) is 1.52. The van der Waals surface area contributed by atoms with Crippen LogP contribution in [-0.2, 0) is 0 Å². The average Bonchev–Trinajstić information content (AvgIpc) is 2.25. The number of carbonyl (C=O) groups is 1. The van der Waals surface area contributed by atoms with Crippen LogP contribution in [0.4, 0.5) is 28.6 Å². The molecule has 19 heavy (non-hydrogen) atoms. The highest BCUT2D eigenvalue weighted by atomic mass is 19.5. The van der Waals surface area contributed by atoms with E-state index >= 15 is 0 Å². The Morgan fingerprint density at radius 1 is 1.37 bits per heavy atom. The largest absolute Gasteiger partial charge is 0.673 e. The van der Waals surface area contributed by atoms with E-state index < -0.39 is 29.4 Å². The maximum atomic E-state index is 10.5. The van der Waals surface area contributed by atoms with Crippen molar-refractivity contribution in [3.05, 3.63) is 38.9 Å². The van der Waals surface area contributed by atoms with Gasteiger partial charge in [-0.25, -0.2) is 4.79 Å². The van der Waals surface area contributed by atoms with Crippen molar-refractivity contribution in [2.24, 2.45) is 0 Å². The number of benzene rings is 1. The van der Waals surface area contributed by atoms with Crippen LogP contribution in [0.5, 0.6) is 0 Å². The van der Waals surface area contributed by atoms with Gasteiger partial charge in [-0.15, -0.1) is 0 Å². The van der Waals surface area contributed by atoms with Crippen molar-refractivity contribution in [2.45, 2.75) is 0 Å². The van der Waals surface area contributed by atoms with Crippen molar-refractivity contribution in [3.8, 4) is 0 Å². The first-order chi connectivity index (χ1) is 8.56. The van der Waals surface area contributed by atoms with Crippen molar-refractivity contribution in [3.63, 3.8) is 0 Å². The number of aromatic carboxylic acids is 1. The molecule has 12 heteroatoms. The van der Waals surface area contributed by atoms with Crippen LogP contribution >= 0.6 is 0 Å². The SMILES string of the molecule is F[B-](F)(F)F.N#[N+]c1ccc(C(=O)O)c([N+](=O)[O-])c1. The van der Waals surface area contributed by atoms with E-state index in [2.05, 4.69) is 4.98 Å². The topological polar surface area (TPSA) is 109 Å².